The Labute approximate surface area is 81.9 Å². The van der Waals surface area contributed by atoms with E-state index in [0.717, 1.165) is 18.3 Å². The van der Waals surface area contributed by atoms with Crippen LogP contribution in [0.1, 0.15) is 32.6 Å². The van der Waals surface area contributed by atoms with Gasteiger partial charge in [-0.1, -0.05) is 6.92 Å². The number of hydrogen-bond donors (Lipinski definition) is 1. The summed E-state index contributed by atoms with van der Waals surface area (Å²) in [7, 11) is 2.20. The Kier molecular flexibility index (Phi) is 4.74. The van der Waals surface area contributed by atoms with Gasteiger partial charge in [0.05, 0.1) is 0 Å². The zero-order valence-corrected chi connectivity index (χ0v) is 9.00. The van der Waals surface area contributed by atoms with Crippen LogP contribution in [0.2, 0.25) is 0 Å². The lowest BCUT2D eigenvalue weighted by molar-refractivity contribution is 0.165. The van der Waals surface area contributed by atoms with Gasteiger partial charge in [0.25, 0.3) is 0 Å². The average Bonchev–Trinajstić information content (AvgIpc) is 2.15. The second-order valence-electron chi connectivity index (χ2n) is 4.48. The normalized spacial score (nSPS) is 23.3. The molecule has 2 nitrogen and oxygen atoms in total. The van der Waals surface area contributed by atoms with Crippen molar-refractivity contribution >= 4 is 0 Å². The first-order chi connectivity index (χ1) is 6.24. The molecule has 1 saturated heterocycles. The topological polar surface area (TPSA) is 23.5 Å². The summed E-state index contributed by atoms with van der Waals surface area (Å²) in [4.78, 5) is 2.41. The molecule has 1 rings (SSSR count). The molecule has 1 N–H and O–H groups in total. The van der Waals surface area contributed by atoms with Crippen molar-refractivity contribution in [2.75, 3.05) is 26.7 Å². The van der Waals surface area contributed by atoms with Crippen LogP contribution in [-0.4, -0.2) is 36.8 Å². The van der Waals surface area contributed by atoms with E-state index in [2.05, 4.69) is 18.9 Å². The summed E-state index contributed by atoms with van der Waals surface area (Å²) in [6, 6.07) is 0. The van der Waals surface area contributed by atoms with Crippen molar-refractivity contribution in [2.24, 2.45) is 11.8 Å². The number of likely N-dealkylation sites (tertiary alicyclic amines) is 1. The Bertz CT molecular complexity index is 130. The number of piperidine rings is 1. The lowest BCUT2D eigenvalue weighted by Crippen LogP contribution is -2.32. The molecule has 0 bridgehead atoms. The Hall–Kier alpha value is -0.0800. The first-order valence-corrected chi connectivity index (χ1v) is 5.53. The van der Waals surface area contributed by atoms with Crippen molar-refractivity contribution in [1.29, 1.82) is 0 Å². The number of nitrogens with zero attached hydrogens (tertiary/aromatic N) is 1. The number of hydrogen-bond acceptors (Lipinski definition) is 2. The fraction of sp³-hybridized carbons (Fsp3) is 1.00. The minimum absolute atomic E-state index is 0.358. The van der Waals surface area contributed by atoms with Crippen molar-refractivity contribution in [3.63, 3.8) is 0 Å². The van der Waals surface area contributed by atoms with Crippen molar-refractivity contribution in [3.8, 4) is 0 Å². The third kappa shape index (κ3) is 3.65. The van der Waals surface area contributed by atoms with Crippen molar-refractivity contribution < 1.29 is 5.11 Å². The lowest BCUT2D eigenvalue weighted by atomic mass is 9.83. The van der Waals surface area contributed by atoms with Gasteiger partial charge in [-0.05, 0) is 57.7 Å². The number of aliphatic hydroxyl groups excluding tert-OH is 1. The van der Waals surface area contributed by atoms with E-state index in [1.165, 1.54) is 32.4 Å². The summed E-state index contributed by atoms with van der Waals surface area (Å²) in [6.45, 7) is 5.21. The highest BCUT2D eigenvalue weighted by molar-refractivity contribution is 4.74. The van der Waals surface area contributed by atoms with E-state index in [4.69, 9.17) is 5.11 Å². The summed E-state index contributed by atoms with van der Waals surface area (Å²) in [5, 5.41) is 8.75. The van der Waals surface area contributed by atoms with Gasteiger partial charge in [0.15, 0.2) is 0 Å². The molecule has 1 fully saturated rings. The molecule has 0 saturated carbocycles. The van der Waals surface area contributed by atoms with Crippen LogP contribution in [-0.2, 0) is 0 Å². The van der Waals surface area contributed by atoms with E-state index in [1.807, 2.05) is 0 Å². The molecule has 0 aromatic heterocycles. The summed E-state index contributed by atoms with van der Waals surface area (Å²) in [5.41, 5.74) is 0. The SMILES string of the molecule is CC(CCCO)C1CCN(C)CC1. The molecule has 1 aliphatic rings. The molecule has 0 radical (unpaired) electrons. The highest BCUT2D eigenvalue weighted by atomic mass is 16.2. The molecule has 0 aromatic rings. The molecule has 1 aliphatic heterocycles. The summed E-state index contributed by atoms with van der Waals surface area (Å²) >= 11 is 0. The van der Waals surface area contributed by atoms with Crippen LogP contribution >= 0.6 is 0 Å². The van der Waals surface area contributed by atoms with Gasteiger partial charge in [-0.25, -0.2) is 0 Å². The molecule has 1 atom stereocenters. The fourth-order valence-corrected chi connectivity index (χ4v) is 2.25. The Morgan fingerprint density at radius 2 is 2.00 bits per heavy atom. The van der Waals surface area contributed by atoms with Crippen LogP contribution in [0.4, 0.5) is 0 Å². The third-order valence-electron chi connectivity index (χ3n) is 3.39. The van der Waals surface area contributed by atoms with Crippen LogP contribution in [0.3, 0.4) is 0 Å². The van der Waals surface area contributed by atoms with Gasteiger partial charge in [0, 0.05) is 6.61 Å². The number of rotatable bonds is 4. The van der Waals surface area contributed by atoms with E-state index < -0.39 is 0 Å². The molecule has 1 heterocycles. The fourth-order valence-electron chi connectivity index (χ4n) is 2.25. The maximum absolute atomic E-state index is 8.75. The highest BCUT2D eigenvalue weighted by Gasteiger charge is 2.21. The lowest BCUT2D eigenvalue weighted by Gasteiger charge is -2.32. The average molecular weight is 185 g/mol. The van der Waals surface area contributed by atoms with Crippen LogP contribution in [0.25, 0.3) is 0 Å². The Balaban J connectivity index is 2.19. The van der Waals surface area contributed by atoms with Gasteiger partial charge in [-0.15, -0.1) is 0 Å². The van der Waals surface area contributed by atoms with Crippen LogP contribution < -0.4 is 0 Å². The van der Waals surface area contributed by atoms with Crippen molar-refractivity contribution in [2.45, 2.75) is 32.6 Å². The molecule has 78 valence electrons. The van der Waals surface area contributed by atoms with Gasteiger partial charge in [-0.2, -0.15) is 0 Å². The van der Waals surface area contributed by atoms with Gasteiger partial charge in [0.2, 0.25) is 0 Å². The minimum atomic E-state index is 0.358. The molecule has 13 heavy (non-hydrogen) atoms. The first kappa shape index (κ1) is 11.0. The van der Waals surface area contributed by atoms with Crippen LogP contribution in [0.15, 0.2) is 0 Å². The summed E-state index contributed by atoms with van der Waals surface area (Å²) in [5.74, 6) is 1.71. The third-order valence-corrected chi connectivity index (χ3v) is 3.39. The van der Waals surface area contributed by atoms with Crippen molar-refractivity contribution in [1.82, 2.24) is 4.90 Å². The highest BCUT2D eigenvalue weighted by Crippen LogP contribution is 2.27. The van der Waals surface area contributed by atoms with E-state index >= 15 is 0 Å². The maximum atomic E-state index is 8.75. The molecule has 1 unspecified atom stereocenters. The maximum Gasteiger partial charge on any atom is 0.0431 e. The van der Waals surface area contributed by atoms with Gasteiger partial charge in [-0.3, -0.25) is 0 Å². The molecule has 0 amide bonds. The summed E-state index contributed by atoms with van der Waals surface area (Å²) in [6.07, 6.45) is 4.88. The standard InChI is InChI=1S/C11H23NO/c1-10(4-3-9-13)11-5-7-12(2)8-6-11/h10-11,13H,3-9H2,1-2H3. The molecular weight excluding hydrogens is 162 g/mol. The van der Waals surface area contributed by atoms with E-state index in [0.29, 0.717) is 6.61 Å². The zero-order chi connectivity index (χ0) is 9.68. The largest absolute Gasteiger partial charge is 0.396 e. The smallest absolute Gasteiger partial charge is 0.0431 e. The monoisotopic (exact) mass is 185 g/mol. The molecular formula is C11H23NO. The van der Waals surface area contributed by atoms with Gasteiger partial charge < -0.3 is 10.0 Å². The molecule has 0 aliphatic carbocycles. The van der Waals surface area contributed by atoms with Crippen LogP contribution in [0.5, 0.6) is 0 Å². The van der Waals surface area contributed by atoms with Crippen molar-refractivity contribution in [3.05, 3.63) is 0 Å². The predicted octanol–water partition coefficient (Wildman–Crippen LogP) is 1.74. The predicted molar refractivity (Wildman–Crippen MR) is 55.7 cm³/mol. The van der Waals surface area contributed by atoms with E-state index in [-0.39, 0.29) is 0 Å². The van der Waals surface area contributed by atoms with E-state index in [9.17, 15) is 0 Å². The molecule has 0 aromatic carbocycles. The van der Waals surface area contributed by atoms with Gasteiger partial charge >= 0.3 is 0 Å². The Morgan fingerprint density at radius 3 is 2.54 bits per heavy atom. The molecule has 0 spiro atoms. The second kappa shape index (κ2) is 5.61. The second-order valence-corrected chi connectivity index (χ2v) is 4.48. The van der Waals surface area contributed by atoms with Gasteiger partial charge in [0.1, 0.15) is 0 Å². The minimum Gasteiger partial charge on any atom is -0.396 e. The first-order valence-electron chi connectivity index (χ1n) is 5.53. The number of aliphatic hydroxyl groups is 1. The Morgan fingerprint density at radius 1 is 1.38 bits per heavy atom. The van der Waals surface area contributed by atoms with E-state index in [1.54, 1.807) is 0 Å². The summed E-state index contributed by atoms with van der Waals surface area (Å²) < 4.78 is 0. The zero-order valence-electron chi connectivity index (χ0n) is 9.00. The van der Waals surface area contributed by atoms with Crippen LogP contribution in [0, 0.1) is 11.8 Å². The quantitative estimate of drug-likeness (QED) is 0.721. The molecule has 2 heteroatoms.